The molecule has 0 aliphatic carbocycles. The molecule has 0 bridgehead atoms. The highest BCUT2D eigenvalue weighted by atomic mass is 32.2. The number of rotatable bonds is 10. The normalized spacial score (nSPS) is 11.6. The average Bonchev–Trinajstić information content (AvgIpc) is 3.54. The van der Waals surface area contributed by atoms with Crippen LogP contribution in [-0.2, 0) is 21.9 Å². The summed E-state index contributed by atoms with van der Waals surface area (Å²) in [4.78, 5) is 30.4. The van der Waals surface area contributed by atoms with Gasteiger partial charge in [-0.15, -0.1) is 0 Å². The third-order valence-corrected chi connectivity index (χ3v) is 9.22. The van der Waals surface area contributed by atoms with Crippen LogP contribution in [0.25, 0.3) is 16.5 Å². The quantitative estimate of drug-likeness (QED) is 0.139. The van der Waals surface area contributed by atoms with E-state index in [0.29, 0.717) is 36.0 Å². The van der Waals surface area contributed by atoms with E-state index in [2.05, 4.69) is 20.3 Å². The van der Waals surface area contributed by atoms with Crippen molar-refractivity contribution in [2.75, 3.05) is 17.2 Å². The number of hydrogen-bond acceptors (Lipinski definition) is 7. The minimum atomic E-state index is -4.04. The van der Waals surface area contributed by atoms with Crippen molar-refractivity contribution < 1.29 is 22.7 Å². The molecule has 4 aromatic carbocycles. The summed E-state index contributed by atoms with van der Waals surface area (Å²) in [6.07, 6.45) is 4.27. The number of anilines is 2. The Bertz CT molecular complexity index is 2250. The molecule has 0 unspecified atom stereocenters. The van der Waals surface area contributed by atoms with Crippen LogP contribution in [-0.4, -0.2) is 41.7 Å². The molecule has 2 heterocycles. The number of fused-ring (bicyclic) bond motifs is 1. The molecule has 0 fully saturated rings. The van der Waals surface area contributed by atoms with Gasteiger partial charge in [-0.3, -0.25) is 15.1 Å². The molecule has 0 aliphatic rings. The lowest BCUT2D eigenvalue weighted by Crippen LogP contribution is -2.30. The summed E-state index contributed by atoms with van der Waals surface area (Å²) in [6.45, 7) is 6.51. The lowest BCUT2D eigenvalue weighted by atomic mass is 9.92. The molecular weight excluding hydrogens is 653 g/mol. The molecule has 50 heavy (non-hydrogen) atoms. The number of nitrogens with one attached hydrogen (secondary N) is 3. The monoisotopic (exact) mass is 688 g/mol. The van der Waals surface area contributed by atoms with Gasteiger partial charge in [-0.2, -0.15) is 5.10 Å². The summed E-state index contributed by atoms with van der Waals surface area (Å²) in [5, 5.41) is 12.3. The maximum absolute atomic E-state index is 13.5. The van der Waals surface area contributed by atoms with Crippen LogP contribution in [0.1, 0.15) is 42.4 Å². The van der Waals surface area contributed by atoms with Crippen LogP contribution in [0.15, 0.2) is 126 Å². The molecule has 6 aromatic rings. The fourth-order valence-electron chi connectivity index (χ4n) is 5.23. The van der Waals surface area contributed by atoms with Crippen molar-refractivity contribution in [2.45, 2.75) is 37.5 Å². The van der Waals surface area contributed by atoms with Crippen molar-refractivity contribution in [3.8, 4) is 11.4 Å². The van der Waals surface area contributed by atoms with E-state index in [1.807, 2.05) is 69.4 Å². The minimum Gasteiger partial charge on any atom is -0.493 e. The number of aromatic nitrogens is 3. The molecule has 12 heteroatoms. The number of benzene rings is 4. The molecular formula is C38H36N6O5S. The van der Waals surface area contributed by atoms with E-state index in [1.54, 1.807) is 53.3 Å². The van der Waals surface area contributed by atoms with Crippen LogP contribution in [0.5, 0.6) is 5.75 Å². The van der Waals surface area contributed by atoms with Gasteiger partial charge in [0.05, 0.1) is 28.6 Å². The van der Waals surface area contributed by atoms with E-state index >= 15 is 0 Å². The molecule has 11 nitrogen and oxygen atoms in total. The van der Waals surface area contributed by atoms with Gasteiger partial charge < -0.3 is 10.1 Å². The van der Waals surface area contributed by atoms with Crippen molar-refractivity contribution in [1.29, 1.82) is 0 Å². The average molecular weight is 689 g/mol. The Morgan fingerprint density at radius 3 is 2.24 bits per heavy atom. The second kappa shape index (κ2) is 14.2. The predicted octanol–water partition coefficient (Wildman–Crippen LogP) is 7.10. The van der Waals surface area contributed by atoms with E-state index in [9.17, 15) is 18.0 Å². The Morgan fingerprint density at radius 1 is 0.820 bits per heavy atom. The van der Waals surface area contributed by atoms with Crippen LogP contribution in [0.4, 0.5) is 16.3 Å². The largest absolute Gasteiger partial charge is 0.493 e. The summed E-state index contributed by atoms with van der Waals surface area (Å²) >= 11 is 0. The zero-order chi connectivity index (χ0) is 35.3. The molecule has 0 atom stereocenters. The van der Waals surface area contributed by atoms with E-state index in [1.165, 1.54) is 24.3 Å². The third-order valence-electron chi connectivity index (χ3n) is 7.88. The summed E-state index contributed by atoms with van der Waals surface area (Å²) in [5.74, 6) is 0.334. The lowest BCUT2D eigenvalue weighted by Gasteiger charge is -2.14. The van der Waals surface area contributed by atoms with E-state index in [0.717, 1.165) is 22.0 Å². The molecule has 6 rings (SSSR count). The van der Waals surface area contributed by atoms with E-state index in [4.69, 9.17) is 9.84 Å². The Kier molecular flexibility index (Phi) is 9.64. The molecule has 0 spiro atoms. The molecule has 2 aromatic heterocycles. The first kappa shape index (κ1) is 33.9. The lowest BCUT2D eigenvalue weighted by molar-refractivity contribution is 0.0981. The van der Waals surface area contributed by atoms with Crippen LogP contribution < -0.4 is 20.1 Å². The summed E-state index contributed by atoms with van der Waals surface area (Å²) < 4.78 is 35.1. The number of ether oxygens (including phenoxy) is 1. The number of urea groups is 1. The van der Waals surface area contributed by atoms with Crippen LogP contribution in [0.2, 0.25) is 0 Å². The van der Waals surface area contributed by atoms with Gasteiger partial charge in [0.1, 0.15) is 11.6 Å². The number of carbonyl (C=O) groups excluding carboxylic acids is 2. The Hall–Kier alpha value is -6.01. The van der Waals surface area contributed by atoms with Crippen molar-refractivity contribution in [3.63, 3.8) is 0 Å². The number of pyridine rings is 1. The highest BCUT2D eigenvalue weighted by Gasteiger charge is 2.23. The van der Waals surface area contributed by atoms with Crippen molar-refractivity contribution in [3.05, 3.63) is 138 Å². The Balaban J connectivity index is 1.19. The van der Waals surface area contributed by atoms with Gasteiger partial charge >= 0.3 is 6.03 Å². The van der Waals surface area contributed by atoms with Gasteiger partial charge in [-0.25, -0.2) is 22.6 Å². The summed E-state index contributed by atoms with van der Waals surface area (Å²) in [5.41, 5.74) is 2.75. The predicted molar refractivity (Wildman–Crippen MR) is 193 cm³/mol. The molecule has 0 saturated carbocycles. The molecule has 0 radical (unpaired) electrons. The zero-order valence-electron chi connectivity index (χ0n) is 27.8. The number of sulfonamides is 1. The Labute approximate surface area is 290 Å². The molecule has 3 amide bonds. The number of carbonyl (C=O) groups is 2. The second-order valence-corrected chi connectivity index (χ2v) is 14.2. The molecule has 3 N–H and O–H groups in total. The maximum atomic E-state index is 13.5. The first-order chi connectivity index (χ1) is 24.0. The van der Waals surface area contributed by atoms with E-state index < -0.39 is 22.0 Å². The van der Waals surface area contributed by atoms with Gasteiger partial charge in [0.15, 0.2) is 0 Å². The topological polar surface area (TPSA) is 144 Å². The van der Waals surface area contributed by atoms with Crippen LogP contribution >= 0.6 is 0 Å². The molecule has 0 aliphatic heterocycles. The van der Waals surface area contributed by atoms with Crippen LogP contribution in [0, 0.1) is 0 Å². The fraction of sp³-hybridized carbons (Fsp3) is 0.158. The highest BCUT2D eigenvalue weighted by Crippen LogP contribution is 2.32. The Morgan fingerprint density at radius 2 is 1.54 bits per heavy atom. The number of hydrogen-bond donors (Lipinski definition) is 3. The minimum absolute atomic E-state index is 0.0146. The SMILES string of the molecule is CC(C)(C)c1cc(NC(=O)Nc2ccc(OCCc3cccnc3)c3ccccc23)n(-c2ccc(C(=O)NS(=O)(=O)c3ccccc3)cc2)n1. The van der Waals surface area contributed by atoms with Crippen LogP contribution in [0.3, 0.4) is 0 Å². The maximum Gasteiger partial charge on any atom is 0.324 e. The van der Waals surface area contributed by atoms with Crippen molar-refractivity contribution in [2.24, 2.45) is 0 Å². The van der Waals surface area contributed by atoms with Crippen molar-refractivity contribution >= 4 is 44.2 Å². The van der Waals surface area contributed by atoms with Gasteiger partial charge in [0.25, 0.3) is 15.9 Å². The first-order valence-electron chi connectivity index (χ1n) is 15.9. The third kappa shape index (κ3) is 7.82. The highest BCUT2D eigenvalue weighted by molar-refractivity contribution is 7.90. The smallest absolute Gasteiger partial charge is 0.324 e. The summed E-state index contributed by atoms with van der Waals surface area (Å²) in [6, 6.07) is 30.5. The van der Waals surface area contributed by atoms with Gasteiger partial charge in [-0.1, -0.05) is 69.3 Å². The fourth-order valence-corrected chi connectivity index (χ4v) is 6.22. The zero-order valence-corrected chi connectivity index (χ0v) is 28.6. The second-order valence-electron chi connectivity index (χ2n) is 12.6. The molecule has 0 saturated heterocycles. The van der Waals surface area contributed by atoms with Crippen molar-refractivity contribution in [1.82, 2.24) is 19.5 Å². The van der Waals surface area contributed by atoms with Gasteiger partial charge in [-0.05, 0) is 60.2 Å². The van der Waals surface area contributed by atoms with Gasteiger partial charge in [0, 0.05) is 46.6 Å². The first-order valence-corrected chi connectivity index (χ1v) is 17.4. The standard InChI is InChI=1S/C38H36N6O5S/c1-38(2,3)34-24-35(44(42-34)28-17-15-27(16-18-28)36(45)43-50(47,48)29-11-5-4-6-12-29)41-37(46)40-32-19-20-33(31-14-8-7-13-30(31)32)49-23-21-26-10-9-22-39-25-26/h4-20,22,24-25H,21,23H2,1-3H3,(H,43,45)(H2,40,41,46). The summed E-state index contributed by atoms with van der Waals surface area (Å²) in [7, 11) is -4.04. The van der Waals surface area contributed by atoms with E-state index in [-0.39, 0.29) is 15.9 Å². The van der Waals surface area contributed by atoms with Gasteiger partial charge in [0.2, 0.25) is 0 Å². The number of nitrogens with zero attached hydrogens (tertiary/aromatic N) is 3. The number of amides is 3. The molecule has 254 valence electrons.